The topological polar surface area (TPSA) is 29.9 Å². The van der Waals surface area contributed by atoms with Gasteiger partial charge in [-0.15, -0.1) is 0 Å². The van der Waals surface area contributed by atoms with Gasteiger partial charge in [-0.25, -0.2) is 4.68 Å². The number of nitrogens with zero attached hydrogens (tertiary/aromatic N) is 2. The second-order valence-electron chi connectivity index (χ2n) is 5.85. The quantitative estimate of drug-likeness (QED) is 0.682. The van der Waals surface area contributed by atoms with Crippen molar-refractivity contribution < 1.29 is 0 Å². The van der Waals surface area contributed by atoms with E-state index in [1.807, 2.05) is 22.9 Å². The summed E-state index contributed by atoms with van der Waals surface area (Å²) in [5.74, 6) is 1.06. The van der Waals surface area contributed by atoms with Gasteiger partial charge in [-0.3, -0.25) is 0 Å². The number of hydrogen-bond acceptors (Lipinski definition) is 2. The number of fused-ring (bicyclic) bond motifs is 1. The maximum Gasteiger partial charge on any atom is 0.133 e. The number of anilines is 1. The van der Waals surface area contributed by atoms with Crippen LogP contribution in [0.4, 0.5) is 5.82 Å². The highest BCUT2D eigenvalue weighted by Crippen LogP contribution is 2.39. The third kappa shape index (κ3) is 2.40. The average molecular weight is 358 g/mol. The van der Waals surface area contributed by atoms with Gasteiger partial charge < -0.3 is 5.32 Å². The zero-order valence-corrected chi connectivity index (χ0v) is 14.8. The Hall–Kier alpha value is -1.97. The largest absolute Gasteiger partial charge is 0.369 e. The number of aryl methyl sites for hydroxylation is 1. The summed E-state index contributed by atoms with van der Waals surface area (Å²) in [4.78, 5) is 0. The predicted molar refractivity (Wildman–Crippen MR) is 101 cm³/mol. The number of aromatic nitrogens is 2. The molecule has 4 rings (SSSR count). The summed E-state index contributed by atoms with van der Waals surface area (Å²) in [5, 5.41) is 9.47. The number of hydrogen-bond donors (Lipinski definition) is 1. The Bertz CT molecular complexity index is 915. The molecule has 0 atom stereocenters. The normalized spacial score (nSPS) is 13.0. The molecule has 24 heavy (non-hydrogen) atoms. The van der Waals surface area contributed by atoms with Crippen LogP contribution in [-0.2, 0) is 12.8 Å². The molecule has 3 nitrogen and oxygen atoms in total. The van der Waals surface area contributed by atoms with Gasteiger partial charge in [-0.05, 0) is 30.5 Å². The Morgan fingerprint density at radius 3 is 2.79 bits per heavy atom. The Kier molecular flexibility index (Phi) is 3.99. The standard InChI is InChI=1S/C19H17Cl2N3/c1-2-12-6-3-4-9-16(12)24-19-14(10-11-22-19)18(23-24)13-7-5-8-15(20)17(13)21/h3-9,22H,2,10-11H2,1H3. The molecule has 1 aromatic heterocycles. The summed E-state index contributed by atoms with van der Waals surface area (Å²) in [6.07, 6.45) is 1.89. The Morgan fingerprint density at radius 1 is 1.12 bits per heavy atom. The monoisotopic (exact) mass is 357 g/mol. The van der Waals surface area contributed by atoms with Gasteiger partial charge in [0.1, 0.15) is 5.82 Å². The zero-order valence-electron chi connectivity index (χ0n) is 13.3. The Morgan fingerprint density at radius 2 is 1.96 bits per heavy atom. The minimum atomic E-state index is 0.553. The van der Waals surface area contributed by atoms with Crippen molar-refractivity contribution in [3.63, 3.8) is 0 Å². The molecule has 3 aromatic rings. The van der Waals surface area contributed by atoms with Crippen molar-refractivity contribution in [2.24, 2.45) is 0 Å². The lowest BCUT2D eigenvalue weighted by molar-refractivity contribution is 0.866. The Labute approximate surface area is 151 Å². The third-order valence-corrected chi connectivity index (χ3v) is 5.28. The predicted octanol–water partition coefficient (Wildman–Crippen LogP) is 5.38. The van der Waals surface area contributed by atoms with Crippen molar-refractivity contribution in [3.05, 3.63) is 63.6 Å². The molecule has 1 N–H and O–H groups in total. The van der Waals surface area contributed by atoms with Crippen LogP contribution in [0.2, 0.25) is 10.0 Å². The second-order valence-corrected chi connectivity index (χ2v) is 6.63. The number of nitrogens with one attached hydrogen (secondary N) is 1. The molecule has 0 amide bonds. The van der Waals surface area contributed by atoms with Crippen LogP contribution in [0.25, 0.3) is 16.9 Å². The SMILES string of the molecule is CCc1ccccc1-n1nc(-c2cccc(Cl)c2Cl)c2c1NCC2. The first-order valence-corrected chi connectivity index (χ1v) is 8.84. The van der Waals surface area contributed by atoms with Crippen molar-refractivity contribution in [3.8, 4) is 16.9 Å². The molecule has 2 heterocycles. The molecule has 0 bridgehead atoms. The van der Waals surface area contributed by atoms with E-state index in [1.165, 1.54) is 11.1 Å². The summed E-state index contributed by atoms with van der Waals surface area (Å²) >= 11 is 12.6. The minimum absolute atomic E-state index is 0.553. The summed E-state index contributed by atoms with van der Waals surface area (Å²) in [6.45, 7) is 3.07. The van der Waals surface area contributed by atoms with Crippen LogP contribution in [0.15, 0.2) is 42.5 Å². The van der Waals surface area contributed by atoms with Crippen molar-refractivity contribution in [2.45, 2.75) is 19.8 Å². The third-order valence-electron chi connectivity index (χ3n) is 4.46. The van der Waals surface area contributed by atoms with E-state index in [1.54, 1.807) is 6.07 Å². The molecule has 1 aliphatic rings. The molecule has 0 radical (unpaired) electrons. The highest BCUT2D eigenvalue weighted by molar-refractivity contribution is 6.43. The minimum Gasteiger partial charge on any atom is -0.369 e. The maximum absolute atomic E-state index is 6.44. The first-order chi connectivity index (χ1) is 11.7. The first kappa shape index (κ1) is 15.6. The lowest BCUT2D eigenvalue weighted by atomic mass is 10.1. The van der Waals surface area contributed by atoms with Crippen LogP contribution in [0.5, 0.6) is 0 Å². The lowest BCUT2D eigenvalue weighted by Crippen LogP contribution is -2.06. The van der Waals surface area contributed by atoms with Crippen LogP contribution in [0.1, 0.15) is 18.1 Å². The molecule has 0 saturated heterocycles. The molecule has 1 aliphatic heterocycles. The smallest absolute Gasteiger partial charge is 0.133 e. The van der Waals surface area contributed by atoms with E-state index in [9.17, 15) is 0 Å². The van der Waals surface area contributed by atoms with Gasteiger partial charge in [0.2, 0.25) is 0 Å². The van der Waals surface area contributed by atoms with Crippen molar-refractivity contribution in [1.29, 1.82) is 0 Å². The molecular formula is C19H17Cl2N3. The molecule has 0 aliphatic carbocycles. The second kappa shape index (κ2) is 6.15. The first-order valence-electron chi connectivity index (χ1n) is 8.09. The molecular weight excluding hydrogens is 341 g/mol. The summed E-state index contributed by atoms with van der Waals surface area (Å²) in [6, 6.07) is 14.1. The molecule has 5 heteroatoms. The fraction of sp³-hybridized carbons (Fsp3) is 0.211. The van der Waals surface area contributed by atoms with Gasteiger partial charge in [0.15, 0.2) is 0 Å². The molecule has 0 saturated carbocycles. The van der Waals surface area contributed by atoms with E-state index in [-0.39, 0.29) is 0 Å². The van der Waals surface area contributed by atoms with Gasteiger partial charge in [0, 0.05) is 17.7 Å². The van der Waals surface area contributed by atoms with Crippen LogP contribution in [0.3, 0.4) is 0 Å². The fourth-order valence-corrected chi connectivity index (χ4v) is 3.66. The van der Waals surface area contributed by atoms with Crippen molar-refractivity contribution in [2.75, 3.05) is 11.9 Å². The van der Waals surface area contributed by atoms with Crippen LogP contribution in [0, 0.1) is 0 Å². The molecule has 122 valence electrons. The molecule has 2 aromatic carbocycles. The van der Waals surface area contributed by atoms with Crippen LogP contribution < -0.4 is 5.32 Å². The van der Waals surface area contributed by atoms with Gasteiger partial charge in [-0.2, -0.15) is 5.10 Å². The molecule has 0 unspecified atom stereocenters. The van der Waals surface area contributed by atoms with E-state index in [0.29, 0.717) is 10.0 Å². The van der Waals surface area contributed by atoms with E-state index >= 15 is 0 Å². The van der Waals surface area contributed by atoms with E-state index in [2.05, 4.69) is 30.4 Å². The van der Waals surface area contributed by atoms with Crippen LogP contribution in [-0.4, -0.2) is 16.3 Å². The van der Waals surface area contributed by atoms with Gasteiger partial charge in [0.25, 0.3) is 0 Å². The van der Waals surface area contributed by atoms with Crippen molar-refractivity contribution in [1.82, 2.24) is 9.78 Å². The maximum atomic E-state index is 6.44. The van der Waals surface area contributed by atoms with Crippen LogP contribution >= 0.6 is 23.2 Å². The van der Waals surface area contributed by atoms with E-state index in [0.717, 1.165) is 42.1 Å². The van der Waals surface area contributed by atoms with E-state index < -0.39 is 0 Å². The lowest BCUT2D eigenvalue weighted by Gasteiger charge is -2.10. The number of halogens is 2. The van der Waals surface area contributed by atoms with Gasteiger partial charge in [0.05, 0.1) is 21.4 Å². The Balaban J connectivity index is 1.95. The van der Waals surface area contributed by atoms with Gasteiger partial charge >= 0.3 is 0 Å². The summed E-state index contributed by atoms with van der Waals surface area (Å²) in [5.41, 5.74) is 5.37. The highest BCUT2D eigenvalue weighted by atomic mass is 35.5. The van der Waals surface area contributed by atoms with Gasteiger partial charge in [-0.1, -0.05) is 60.5 Å². The number of para-hydroxylation sites is 1. The molecule has 0 fully saturated rings. The number of rotatable bonds is 3. The summed E-state index contributed by atoms with van der Waals surface area (Å²) in [7, 11) is 0. The summed E-state index contributed by atoms with van der Waals surface area (Å²) < 4.78 is 2.01. The fourth-order valence-electron chi connectivity index (χ4n) is 3.27. The molecule has 0 spiro atoms. The highest BCUT2D eigenvalue weighted by Gasteiger charge is 2.26. The zero-order chi connectivity index (χ0) is 16.7. The number of benzene rings is 2. The van der Waals surface area contributed by atoms with E-state index in [4.69, 9.17) is 28.3 Å². The van der Waals surface area contributed by atoms with Crippen molar-refractivity contribution >= 4 is 29.0 Å². The average Bonchev–Trinajstić information content (AvgIpc) is 3.20.